The van der Waals surface area contributed by atoms with E-state index >= 15 is 0 Å². The number of aliphatic hydroxyl groups excluding tert-OH is 1. The summed E-state index contributed by atoms with van der Waals surface area (Å²) in [5.74, 6) is -0.418. The van der Waals surface area contributed by atoms with E-state index in [1.165, 1.54) is 18.2 Å². The highest BCUT2D eigenvalue weighted by Gasteiger charge is 2.09. The number of amides is 1. The number of rotatable bonds is 5. The van der Waals surface area contributed by atoms with Crippen LogP contribution in [0.2, 0.25) is 0 Å². The molecular weight excluding hydrogens is 289 g/mol. The Kier molecular flexibility index (Phi) is 5.58. The molecule has 1 rings (SSSR count). The van der Waals surface area contributed by atoms with Gasteiger partial charge in [-0.1, -0.05) is 6.92 Å². The minimum Gasteiger partial charge on any atom is -0.396 e. The summed E-state index contributed by atoms with van der Waals surface area (Å²) in [6.07, 6.45) is 0.646. The van der Waals surface area contributed by atoms with Crippen LogP contribution < -0.4 is 5.32 Å². The van der Waals surface area contributed by atoms with Gasteiger partial charge in [0.15, 0.2) is 0 Å². The summed E-state index contributed by atoms with van der Waals surface area (Å²) in [6, 6.07) is 4.13. The van der Waals surface area contributed by atoms with Crippen LogP contribution in [-0.2, 0) is 0 Å². The van der Waals surface area contributed by atoms with Crippen LogP contribution in [0.3, 0.4) is 0 Å². The highest BCUT2D eigenvalue weighted by atomic mass is 79.9. The van der Waals surface area contributed by atoms with Gasteiger partial charge < -0.3 is 10.4 Å². The molecule has 0 aliphatic rings. The van der Waals surface area contributed by atoms with Crippen LogP contribution in [0.15, 0.2) is 22.7 Å². The number of aliphatic hydroxyl groups is 1. The van der Waals surface area contributed by atoms with Gasteiger partial charge in [-0.25, -0.2) is 4.39 Å². The Labute approximate surface area is 108 Å². The van der Waals surface area contributed by atoms with E-state index in [4.69, 9.17) is 5.11 Å². The molecule has 0 saturated heterocycles. The van der Waals surface area contributed by atoms with Gasteiger partial charge in [-0.15, -0.1) is 0 Å². The Balaban J connectivity index is 2.55. The van der Waals surface area contributed by atoms with E-state index in [1.807, 2.05) is 6.92 Å². The van der Waals surface area contributed by atoms with Gasteiger partial charge >= 0.3 is 0 Å². The summed E-state index contributed by atoms with van der Waals surface area (Å²) >= 11 is 3.03. The maximum absolute atomic E-state index is 13.0. The van der Waals surface area contributed by atoms with Crippen molar-refractivity contribution in [3.63, 3.8) is 0 Å². The molecule has 2 N–H and O–H groups in total. The summed E-state index contributed by atoms with van der Waals surface area (Å²) in [7, 11) is 0. The largest absolute Gasteiger partial charge is 0.396 e. The van der Waals surface area contributed by atoms with Crippen LogP contribution in [-0.4, -0.2) is 24.2 Å². The maximum atomic E-state index is 13.0. The molecule has 1 unspecified atom stereocenters. The second kappa shape index (κ2) is 6.71. The molecule has 0 aliphatic heterocycles. The molecule has 3 nitrogen and oxygen atoms in total. The zero-order chi connectivity index (χ0) is 12.8. The first-order chi connectivity index (χ1) is 8.04. The molecule has 1 aromatic carbocycles. The van der Waals surface area contributed by atoms with Crippen molar-refractivity contribution in [1.82, 2.24) is 5.32 Å². The van der Waals surface area contributed by atoms with E-state index in [9.17, 15) is 9.18 Å². The first-order valence-electron chi connectivity index (χ1n) is 5.38. The number of nitrogens with one attached hydrogen (secondary N) is 1. The van der Waals surface area contributed by atoms with E-state index in [0.29, 0.717) is 18.5 Å². The molecule has 0 aromatic heterocycles. The molecule has 0 radical (unpaired) electrons. The predicted octanol–water partition coefficient (Wildman–Crippen LogP) is 2.34. The Morgan fingerprint density at radius 3 is 2.88 bits per heavy atom. The van der Waals surface area contributed by atoms with Crippen molar-refractivity contribution >= 4 is 21.8 Å². The first-order valence-corrected chi connectivity index (χ1v) is 6.18. The lowest BCUT2D eigenvalue weighted by molar-refractivity contribution is 0.0945. The topological polar surface area (TPSA) is 49.3 Å². The van der Waals surface area contributed by atoms with Gasteiger partial charge in [-0.05, 0) is 46.5 Å². The molecule has 17 heavy (non-hydrogen) atoms. The van der Waals surface area contributed by atoms with Crippen molar-refractivity contribution in [1.29, 1.82) is 0 Å². The lowest BCUT2D eigenvalue weighted by Crippen LogP contribution is -2.28. The van der Waals surface area contributed by atoms with E-state index in [1.54, 1.807) is 0 Å². The zero-order valence-electron chi connectivity index (χ0n) is 9.54. The highest BCUT2D eigenvalue weighted by Crippen LogP contribution is 2.16. The zero-order valence-corrected chi connectivity index (χ0v) is 11.1. The third kappa shape index (κ3) is 4.44. The number of halogens is 2. The SMILES string of the molecule is CC(CCO)CNC(=O)c1ccc(F)c(Br)c1. The minimum atomic E-state index is -0.393. The van der Waals surface area contributed by atoms with Gasteiger partial charge in [0.2, 0.25) is 0 Å². The average molecular weight is 304 g/mol. The Morgan fingerprint density at radius 2 is 2.29 bits per heavy atom. The number of carbonyl (C=O) groups excluding carboxylic acids is 1. The van der Waals surface area contributed by atoms with E-state index in [2.05, 4.69) is 21.2 Å². The average Bonchev–Trinajstić information content (AvgIpc) is 2.30. The lowest BCUT2D eigenvalue weighted by atomic mass is 10.1. The fraction of sp³-hybridized carbons (Fsp3) is 0.417. The first kappa shape index (κ1) is 14.1. The molecule has 1 atom stereocenters. The number of carbonyl (C=O) groups is 1. The van der Waals surface area contributed by atoms with Crippen molar-refractivity contribution in [3.05, 3.63) is 34.1 Å². The molecule has 0 aliphatic carbocycles. The summed E-state index contributed by atoms with van der Waals surface area (Å²) in [5, 5.41) is 11.5. The van der Waals surface area contributed by atoms with E-state index in [-0.39, 0.29) is 22.9 Å². The van der Waals surface area contributed by atoms with E-state index in [0.717, 1.165) is 0 Å². The van der Waals surface area contributed by atoms with Gasteiger partial charge in [0.25, 0.3) is 5.91 Å². The number of benzene rings is 1. The Bertz CT molecular complexity index is 398. The van der Waals surface area contributed by atoms with Crippen LogP contribution in [0.1, 0.15) is 23.7 Å². The monoisotopic (exact) mass is 303 g/mol. The highest BCUT2D eigenvalue weighted by molar-refractivity contribution is 9.10. The van der Waals surface area contributed by atoms with Crippen LogP contribution in [0, 0.1) is 11.7 Å². The van der Waals surface area contributed by atoms with Crippen LogP contribution in [0.5, 0.6) is 0 Å². The van der Waals surface area contributed by atoms with Crippen LogP contribution in [0.4, 0.5) is 4.39 Å². The molecule has 0 saturated carbocycles. The molecule has 1 aromatic rings. The molecule has 1 amide bonds. The van der Waals surface area contributed by atoms with Crippen molar-refractivity contribution in [3.8, 4) is 0 Å². The molecule has 5 heteroatoms. The molecule has 0 heterocycles. The standard InChI is InChI=1S/C12H15BrFNO2/c1-8(4-5-16)7-15-12(17)9-2-3-11(14)10(13)6-9/h2-3,6,8,16H,4-5,7H2,1H3,(H,15,17). The quantitative estimate of drug-likeness (QED) is 0.877. The van der Waals surface area contributed by atoms with Gasteiger partial charge in [0.1, 0.15) is 5.82 Å². The van der Waals surface area contributed by atoms with Gasteiger partial charge in [-0.3, -0.25) is 4.79 Å². The summed E-state index contributed by atoms with van der Waals surface area (Å²) < 4.78 is 13.2. The second-order valence-electron chi connectivity index (χ2n) is 3.96. The number of hydrogen-bond acceptors (Lipinski definition) is 2. The van der Waals surface area contributed by atoms with Gasteiger partial charge in [0.05, 0.1) is 4.47 Å². The Morgan fingerprint density at radius 1 is 1.59 bits per heavy atom. The predicted molar refractivity (Wildman–Crippen MR) is 67.3 cm³/mol. The third-order valence-electron chi connectivity index (χ3n) is 2.41. The van der Waals surface area contributed by atoms with Crippen molar-refractivity contribution in [2.24, 2.45) is 5.92 Å². The van der Waals surface area contributed by atoms with Crippen molar-refractivity contribution in [2.45, 2.75) is 13.3 Å². The van der Waals surface area contributed by atoms with Crippen molar-refractivity contribution in [2.75, 3.05) is 13.2 Å². The van der Waals surface area contributed by atoms with Crippen molar-refractivity contribution < 1.29 is 14.3 Å². The van der Waals surface area contributed by atoms with Crippen LogP contribution >= 0.6 is 15.9 Å². The molecule has 94 valence electrons. The molecular formula is C12H15BrFNO2. The summed E-state index contributed by atoms with van der Waals surface area (Å²) in [5.41, 5.74) is 0.412. The third-order valence-corrected chi connectivity index (χ3v) is 3.02. The Hall–Kier alpha value is -0.940. The summed E-state index contributed by atoms with van der Waals surface area (Å²) in [4.78, 5) is 11.7. The smallest absolute Gasteiger partial charge is 0.251 e. The van der Waals surface area contributed by atoms with Gasteiger partial charge in [-0.2, -0.15) is 0 Å². The minimum absolute atomic E-state index is 0.110. The lowest BCUT2D eigenvalue weighted by Gasteiger charge is -2.11. The second-order valence-corrected chi connectivity index (χ2v) is 4.81. The van der Waals surface area contributed by atoms with E-state index < -0.39 is 5.82 Å². The summed E-state index contributed by atoms with van der Waals surface area (Å²) in [6.45, 7) is 2.55. The molecule has 0 bridgehead atoms. The molecule has 0 fully saturated rings. The molecule has 0 spiro atoms. The normalized spacial score (nSPS) is 12.2. The fourth-order valence-electron chi connectivity index (χ4n) is 1.33. The maximum Gasteiger partial charge on any atom is 0.251 e. The fourth-order valence-corrected chi connectivity index (χ4v) is 1.71. The number of hydrogen-bond donors (Lipinski definition) is 2. The van der Waals surface area contributed by atoms with Crippen LogP contribution in [0.25, 0.3) is 0 Å². The van der Waals surface area contributed by atoms with Gasteiger partial charge in [0, 0.05) is 18.7 Å².